The number of ether oxygens (including phenoxy) is 2. The van der Waals surface area contributed by atoms with E-state index in [9.17, 15) is 0 Å². The minimum absolute atomic E-state index is 0.0915. The first kappa shape index (κ1) is 20.9. The van der Waals surface area contributed by atoms with Gasteiger partial charge in [-0.2, -0.15) is 0 Å². The molecule has 2 aliphatic rings. The lowest BCUT2D eigenvalue weighted by Gasteiger charge is -2.06. The molecular formula is C18H16Cl4N4O2. The van der Waals surface area contributed by atoms with Gasteiger partial charge in [-0.15, -0.1) is 0 Å². The van der Waals surface area contributed by atoms with E-state index in [1.807, 2.05) is 24.3 Å². The van der Waals surface area contributed by atoms with E-state index in [0.717, 1.165) is 11.1 Å². The molecule has 0 aliphatic carbocycles. The number of hydrogen-bond acceptors (Lipinski definition) is 6. The lowest BCUT2D eigenvalue weighted by molar-refractivity contribution is 0.315. The predicted octanol–water partition coefficient (Wildman–Crippen LogP) is 4.76. The molecule has 0 fully saturated rings. The number of amidine groups is 2. The van der Waals surface area contributed by atoms with E-state index in [1.165, 1.54) is 0 Å². The van der Waals surface area contributed by atoms with E-state index in [0.29, 0.717) is 33.3 Å². The fourth-order valence-electron chi connectivity index (χ4n) is 2.66. The number of aliphatic imine (C=N–C) groups is 2. The third-order valence-electron chi connectivity index (χ3n) is 3.88. The van der Waals surface area contributed by atoms with Crippen molar-refractivity contribution in [2.75, 3.05) is 13.2 Å². The third kappa shape index (κ3) is 5.58. The molecule has 0 bridgehead atoms. The van der Waals surface area contributed by atoms with Gasteiger partial charge in [0.25, 0.3) is 12.0 Å². The van der Waals surface area contributed by atoms with Crippen LogP contribution in [0, 0.1) is 0 Å². The molecule has 0 radical (unpaired) electrons. The van der Waals surface area contributed by atoms with Crippen molar-refractivity contribution >= 4 is 58.4 Å². The largest absolute Gasteiger partial charge is 0.463 e. The Labute approximate surface area is 182 Å². The van der Waals surface area contributed by atoms with Gasteiger partial charge in [-0.25, -0.2) is 9.98 Å². The summed E-state index contributed by atoms with van der Waals surface area (Å²) in [6.45, 7) is 0.894. The second-order valence-electron chi connectivity index (χ2n) is 5.99. The number of nitrogens with zero attached hydrogens (tertiary/aromatic N) is 2. The van der Waals surface area contributed by atoms with E-state index < -0.39 is 0 Å². The van der Waals surface area contributed by atoms with Gasteiger partial charge in [0.05, 0.1) is 0 Å². The van der Waals surface area contributed by atoms with E-state index in [1.54, 1.807) is 12.1 Å². The van der Waals surface area contributed by atoms with Crippen LogP contribution in [0.1, 0.15) is 23.2 Å². The van der Waals surface area contributed by atoms with Gasteiger partial charge in [0.2, 0.25) is 0 Å². The number of rotatable bonds is 2. The second-order valence-corrected chi connectivity index (χ2v) is 7.74. The molecule has 0 saturated heterocycles. The fourth-order valence-corrected chi connectivity index (χ4v) is 3.75. The van der Waals surface area contributed by atoms with Crippen molar-refractivity contribution in [3.05, 3.63) is 67.6 Å². The Hall–Kier alpha value is -1.86. The smallest absolute Gasteiger partial charge is 0.282 e. The van der Waals surface area contributed by atoms with Gasteiger partial charge in [0, 0.05) is 20.1 Å². The van der Waals surface area contributed by atoms with Gasteiger partial charge in [-0.3, -0.25) is 0 Å². The average molecular weight is 462 g/mol. The standard InChI is InChI=1S/2C9H8Cl2N2O/c2*10-6-1-5(2-7(11)3-6)8-4-14-9(12)13-8/h2*1-3,8H,4H2,(H2,12,13)/t2*8-/m10/s1. The topological polar surface area (TPSA) is 95.2 Å². The third-order valence-corrected chi connectivity index (χ3v) is 4.76. The molecule has 0 unspecified atom stereocenters. The van der Waals surface area contributed by atoms with Crippen LogP contribution in [0.4, 0.5) is 0 Å². The Morgan fingerprint density at radius 2 is 0.964 bits per heavy atom. The van der Waals surface area contributed by atoms with Gasteiger partial charge < -0.3 is 20.9 Å². The van der Waals surface area contributed by atoms with Crippen molar-refractivity contribution in [3.8, 4) is 0 Å². The highest BCUT2D eigenvalue weighted by atomic mass is 35.5. The molecule has 28 heavy (non-hydrogen) atoms. The first-order valence-corrected chi connectivity index (χ1v) is 9.65. The van der Waals surface area contributed by atoms with Crippen molar-refractivity contribution in [3.63, 3.8) is 0 Å². The van der Waals surface area contributed by atoms with Crippen LogP contribution in [0.5, 0.6) is 0 Å². The van der Waals surface area contributed by atoms with Gasteiger partial charge in [0.15, 0.2) is 0 Å². The SMILES string of the molecule is NC1=N[C@@H](c2cc(Cl)cc(Cl)c2)CO1.NC1=N[C@H](c2cc(Cl)cc(Cl)c2)CO1. The van der Waals surface area contributed by atoms with Crippen LogP contribution >= 0.6 is 46.4 Å². The van der Waals surface area contributed by atoms with Gasteiger partial charge in [-0.1, -0.05) is 46.4 Å². The Morgan fingerprint density at radius 3 is 1.21 bits per heavy atom. The zero-order valence-corrected chi connectivity index (χ0v) is 17.4. The second kappa shape index (κ2) is 9.09. The molecule has 6 nitrogen and oxygen atoms in total. The molecule has 2 atom stereocenters. The van der Waals surface area contributed by atoms with Crippen LogP contribution in [-0.2, 0) is 9.47 Å². The van der Waals surface area contributed by atoms with Crippen molar-refractivity contribution in [2.45, 2.75) is 12.1 Å². The van der Waals surface area contributed by atoms with Crippen LogP contribution in [0.3, 0.4) is 0 Å². The van der Waals surface area contributed by atoms with Crippen LogP contribution in [0.25, 0.3) is 0 Å². The quantitative estimate of drug-likeness (QED) is 0.673. The molecule has 0 amide bonds. The summed E-state index contributed by atoms with van der Waals surface area (Å²) >= 11 is 23.4. The molecule has 0 spiro atoms. The Morgan fingerprint density at radius 1 is 0.643 bits per heavy atom. The van der Waals surface area contributed by atoms with E-state index in [4.69, 9.17) is 67.3 Å². The van der Waals surface area contributed by atoms with Crippen molar-refractivity contribution in [2.24, 2.45) is 21.5 Å². The predicted molar refractivity (Wildman–Crippen MR) is 114 cm³/mol. The fraction of sp³-hybridized carbons (Fsp3) is 0.222. The van der Waals surface area contributed by atoms with Crippen molar-refractivity contribution < 1.29 is 9.47 Å². The minimum atomic E-state index is -0.0915. The number of halogens is 4. The molecule has 148 valence electrons. The molecule has 2 aliphatic heterocycles. The maximum absolute atomic E-state index is 5.86. The molecular weight excluding hydrogens is 446 g/mol. The van der Waals surface area contributed by atoms with Gasteiger partial charge in [-0.05, 0) is 47.5 Å². The summed E-state index contributed by atoms with van der Waals surface area (Å²) in [5.41, 5.74) is 12.6. The Balaban J connectivity index is 0.000000161. The number of hydrogen-bond donors (Lipinski definition) is 2. The normalized spacial score (nSPS) is 20.4. The summed E-state index contributed by atoms with van der Waals surface area (Å²) in [6.07, 6.45) is 0. The molecule has 2 aromatic carbocycles. The van der Waals surface area contributed by atoms with E-state index >= 15 is 0 Å². The summed E-state index contributed by atoms with van der Waals surface area (Å²) in [6, 6.07) is 10.8. The first-order chi connectivity index (χ1) is 13.3. The number of nitrogens with two attached hydrogens (primary N) is 2. The summed E-state index contributed by atoms with van der Waals surface area (Å²) in [4.78, 5) is 8.19. The first-order valence-electron chi connectivity index (χ1n) is 8.14. The monoisotopic (exact) mass is 460 g/mol. The maximum Gasteiger partial charge on any atom is 0.282 e. The Bertz CT molecular complexity index is 820. The molecule has 4 rings (SSSR count). The van der Waals surface area contributed by atoms with E-state index in [-0.39, 0.29) is 24.1 Å². The summed E-state index contributed by atoms with van der Waals surface area (Å²) in [5.74, 6) is 0. The lowest BCUT2D eigenvalue weighted by atomic mass is 10.1. The highest BCUT2D eigenvalue weighted by molar-refractivity contribution is 6.35. The maximum atomic E-state index is 5.86. The Kier molecular flexibility index (Phi) is 6.78. The van der Waals surface area contributed by atoms with Gasteiger partial charge >= 0.3 is 0 Å². The molecule has 0 aromatic heterocycles. The van der Waals surface area contributed by atoms with Crippen LogP contribution in [0.15, 0.2) is 46.4 Å². The zero-order valence-electron chi connectivity index (χ0n) is 14.4. The van der Waals surface area contributed by atoms with Gasteiger partial charge in [0.1, 0.15) is 25.3 Å². The molecule has 2 heterocycles. The number of benzene rings is 2. The molecule has 4 N–H and O–H groups in total. The van der Waals surface area contributed by atoms with Crippen LogP contribution in [0.2, 0.25) is 20.1 Å². The highest BCUT2D eigenvalue weighted by Gasteiger charge is 2.20. The zero-order chi connectivity index (χ0) is 20.3. The summed E-state index contributed by atoms with van der Waals surface area (Å²) < 4.78 is 10.1. The van der Waals surface area contributed by atoms with Crippen LogP contribution < -0.4 is 11.5 Å². The molecule has 10 heteroatoms. The van der Waals surface area contributed by atoms with Crippen LogP contribution in [-0.4, -0.2) is 25.3 Å². The summed E-state index contributed by atoms with van der Waals surface area (Å²) in [5, 5.41) is 2.36. The average Bonchev–Trinajstić information content (AvgIpc) is 3.22. The van der Waals surface area contributed by atoms with Crippen molar-refractivity contribution in [1.82, 2.24) is 0 Å². The lowest BCUT2D eigenvalue weighted by Crippen LogP contribution is -2.10. The van der Waals surface area contributed by atoms with Crippen molar-refractivity contribution in [1.29, 1.82) is 0 Å². The summed E-state index contributed by atoms with van der Waals surface area (Å²) in [7, 11) is 0. The molecule has 2 aromatic rings. The highest BCUT2D eigenvalue weighted by Crippen LogP contribution is 2.29. The van der Waals surface area contributed by atoms with E-state index in [2.05, 4.69) is 9.98 Å². The minimum Gasteiger partial charge on any atom is -0.463 e. The molecule has 0 saturated carbocycles.